The molecule has 3 nitrogen and oxygen atoms in total. The Balaban J connectivity index is 1.98. The first-order chi connectivity index (χ1) is 8.78. The van der Waals surface area contributed by atoms with E-state index < -0.39 is 0 Å². The third-order valence-corrected chi connectivity index (χ3v) is 3.90. The molecule has 1 aromatic rings. The zero-order valence-corrected chi connectivity index (χ0v) is 11.3. The van der Waals surface area contributed by atoms with Gasteiger partial charge in [0, 0.05) is 20.2 Å². The second-order valence-corrected chi connectivity index (χ2v) is 5.23. The van der Waals surface area contributed by atoms with E-state index in [1.165, 1.54) is 12.0 Å². The molecule has 1 saturated heterocycles. The molecule has 1 atom stereocenters. The topological polar surface area (TPSA) is 38.5 Å². The lowest BCUT2D eigenvalue weighted by molar-refractivity contribution is -0.0701. The van der Waals surface area contributed by atoms with Gasteiger partial charge in [-0.15, -0.1) is 0 Å². The van der Waals surface area contributed by atoms with Gasteiger partial charge in [-0.05, 0) is 37.9 Å². The summed E-state index contributed by atoms with van der Waals surface area (Å²) in [6.07, 6.45) is 3.28. The van der Waals surface area contributed by atoms with Crippen molar-refractivity contribution in [1.82, 2.24) is 4.90 Å². The number of hydrogen-bond acceptors (Lipinski definition) is 3. The molecule has 18 heavy (non-hydrogen) atoms. The van der Waals surface area contributed by atoms with Crippen LogP contribution >= 0.6 is 0 Å². The number of nitrogens with two attached hydrogens (primary N) is 1. The van der Waals surface area contributed by atoms with Crippen molar-refractivity contribution in [2.45, 2.75) is 31.4 Å². The highest BCUT2D eigenvalue weighted by Crippen LogP contribution is 2.28. The van der Waals surface area contributed by atoms with Crippen LogP contribution < -0.4 is 5.73 Å². The molecular weight excluding hydrogens is 224 g/mol. The molecule has 1 unspecified atom stereocenters. The summed E-state index contributed by atoms with van der Waals surface area (Å²) in [4.78, 5) is 2.48. The van der Waals surface area contributed by atoms with E-state index >= 15 is 0 Å². The van der Waals surface area contributed by atoms with Crippen LogP contribution in [0, 0.1) is 0 Å². The molecule has 2 N–H and O–H groups in total. The van der Waals surface area contributed by atoms with Gasteiger partial charge in [0.2, 0.25) is 0 Å². The summed E-state index contributed by atoms with van der Waals surface area (Å²) in [6, 6.07) is 10.6. The number of methoxy groups -OCH3 is 1. The highest BCUT2D eigenvalue weighted by Gasteiger charge is 2.34. The van der Waals surface area contributed by atoms with Crippen LogP contribution in [0.2, 0.25) is 0 Å². The average Bonchev–Trinajstić information content (AvgIpc) is 2.41. The number of piperidine rings is 1. The molecule has 1 aromatic carbocycles. The number of likely N-dealkylation sites (tertiary alicyclic amines) is 1. The zero-order valence-electron chi connectivity index (χ0n) is 11.3. The maximum atomic E-state index is 5.77. The van der Waals surface area contributed by atoms with Gasteiger partial charge in [-0.3, -0.25) is 4.90 Å². The van der Waals surface area contributed by atoms with Crippen molar-refractivity contribution < 1.29 is 4.74 Å². The molecule has 0 spiro atoms. The van der Waals surface area contributed by atoms with Gasteiger partial charge >= 0.3 is 0 Å². The normalized spacial score (nSPS) is 25.2. The number of ether oxygens (including phenoxy) is 1. The molecule has 2 rings (SSSR count). The molecule has 0 radical (unpaired) electrons. The van der Waals surface area contributed by atoms with Crippen LogP contribution in [0.25, 0.3) is 0 Å². The quantitative estimate of drug-likeness (QED) is 0.866. The summed E-state index contributed by atoms with van der Waals surface area (Å²) in [5.41, 5.74) is 7.07. The number of hydrogen-bond donors (Lipinski definition) is 1. The molecule has 0 aliphatic carbocycles. The Kier molecular flexibility index (Phi) is 4.75. The lowest BCUT2D eigenvalue weighted by atomic mass is 9.89. The summed E-state index contributed by atoms with van der Waals surface area (Å²) >= 11 is 0. The Morgan fingerprint density at radius 1 is 1.33 bits per heavy atom. The maximum Gasteiger partial charge on any atom is 0.0817 e. The lowest BCUT2D eigenvalue weighted by Crippen LogP contribution is -2.49. The number of rotatable bonds is 5. The monoisotopic (exact) mass is 248 g/mol. The molecule has 0 amide bonds. The van der Waals surface area contributed by atoms with E-state index in [4.69, 9.17) is 10.5 Å². The molecule has 1 aliphatic heterocycles. The van der Waals surface area contributed by atoms with Crippen molar-refractivity contribution in [2.75, 3.05) is 26.7 Å². The van der Waals surface area contributed by atoms with Crippen LogP contribution in [0.1, 0.15) is 24.8 Å². The highest BCUT2D eigenvalue weighted by molar-refractivity contribution is 5.14. The minimum atomic E-state index is -0.0260. The van der Waals surface area contributed by atoms with E-state index in [1.54, 1.807) is 0 Å². The van der Waals surface area contributed by atoms with Crippen LogP contribution in [0.3, 0.4) is 0 Å². The Hall–Kier alpha value is -0.900. The van der Waals surface area contributed by atoms with Crippen molar-refractivity contribution in [3.63, 3.8) is 0 Å². The first-order valence-electron chi connectivity index (χ1n) is 6.79. The smallest absolute Gasteiger partial charge is 0.0817 e. The van der Waals surface area contributed by atoms with Crippen LogP contribution in [-0.4, -0.2) is 37.2 Å². The molecule has 0 saturated carbocycles. The zero-order chi connectivity index (χ0) is 12.8. The van der Waals surface area contributed by atoms with Crippen LogP contribution in [-0.2, 0) is 11.3 Å². The van der Waals surface area contributed by atoms with Crippen molar-refractivity contribution in [1.29, 1.82) is 0 Å². The molecule has 100 valence electrons. The van der Waals surface area contributed by atoms with Crippen LogP contribution in [0.15, 0.2) is 30.3 Å². The van der Waals surface area contributed by atoms with Gasteiger partial charge in [0.15, 0.2) is 0 Å². The minimum Gasteiger partial charge on any atom is -0.377 e. The summed E-state index contributed by atoms with van der Waals surface area (Å²) in [5.74, 6) is 0. The largest absolute Gasteiger partial charge is 0.377 e. The van der Waals surface area contributed by atoms with E-state index in [0.717, 1.165) is 32.5 Å². The molecular formula is C15H24N2O. The van der Waals surface area contributed by atoms with Crippen molar-refractivity contribution in [2.24, 2.45) is 5.73 Å². The first-order valence-corrected chi connectivity index (χ1v) is 6.79. The first kappa shape index (κ1) is 13.5. The average molecular weight is 248 g/mol. The van der Waals surface area contributed by atoms with E-state index in [9.17, 15) is 0 Å². The molecule has 3 heteroatoms. The van der Waals surface area contributed by atoms with Gasteiger partial charge in [-0.2, -0.15) is 0 Å². The SMILES string of the molecule is COC1(CCN)CCCN(Cc2ccccc2)C1. The van der Waals surface area contributed by atoms with Gasteiger partial charge in [0.25, 0.3) is 0 Å². The summed E-state index contributed by atoms with van der Waals surface area (Å²) < 4.78 is 5.77. The Bertz CT molecular complexity index is 351. The van der Waals surface area contributed by atoms with E-state index in [0.29, 0.717) is 6.54 Å². The fraction of sp³-hybridized carbons (Fsp3) is 0.600. The van der Waals surface area contributed by atoms with Gasteiger partial charge in [0.1, 0.15) is 0 Å². The van der Waals surface area contributed by atoms with Gasteiger partial charge in [0.05, 0.1) is 5.60 Å². The van der Waals surface area contributed by atoms with Crippen molar-refractivity contribution in [3.8, 4) is 0 Å². The molecule has 1 heterocycles. The van der Waals surface area contributed by atoms with E-state index in [1.807, 2.05) is 7.11 Å². The van der Waals surface area contributed by atoms with Crippen molar-refractivity contribution in [3.05, 3.63) is 35.9 Å². The molecule has 0 aromatic heterocycles. The van der Waals surface area contributed by atoms with Crippen LogP contribution in [0.5, 0.6) is 0 Å². The van der Waals surface area contributed by atoms with E-state index in [-0.39, 0.29) is 5.60 Å². The predicted molar refractivity (Wildman–Crippen MR) is 74.4 cm³/mol. The third-order valence-electron chi connectivity index (χ3n) is 3.90. The maximum absolute atomic E-state index is 5.77. The second kappa shape index (κ2) is 6.32. The van der Waals surface area contributed by atoms with Gasteiger partial charge in [-0.25, -0.2) is 0 Å². The summed E-state index contributed by atoms with van der Waals surface area (Å²) in [5, 5.41) is 0. The predicted octanol–water partition coefficient (Wildman–Crippen LogP) is 2.02. The minimum absolute atomic E-state index is 0.0260. The highest BCUT2D eigenvalue weighted by atomic mass is 16.5. The summed E-state index contributed by atoms with van der Waals surface area (Å²) in [7, 11) is 1.82. The Morgan fingerprint density at radius 2 is 2.11 bits per heavy atom. The van der Waals surface area contributed by atoms with E-state index in [2.05, 4.69) is 35.2 Å². The van der Waals surface area contributed by atoms with Gasteiger partial charge in [-0.1, -0.05) is 30.3 Å². The van der Waals surface area contributed by atoms with Gasteiger partial charge < -0.3 is 10.5 Å². The molecule has 1 fully saturated rings. The fourth-order valence-corrected chi connectivity index (χ4v) is 2.90. The lowest BCUT2D eigenvalue weighted by Gasteiger charge is -2.42. The molecule has 1 aliphatic rings. The number of benzene rings is 1. The summed E-state index contributed by atoms with van der Waals surface area (Å²) in [6.45, 7) is 3.86. The Morgan fingerprint density at radius 3 is 2.78 bits per heavy atom. The standard InChI is InChI=1S/C15H24N2O/c1-18-15(9-10-16)8-5-11-17(13-15)12-14-6-3-2-4-7-14/h2-4,6-7H,5,8-13,16H2,1H3. The van der Waals surface area contributed by atoms with Crippen molar-refractivity contribution >= 4 is 0 Å². The second-order valence-electron chi connectivity index (χ2n) is 5.23. The fourth-order valence-electron chi connectivity index (χ4n) is 2.90. The Labute approximate surface area is 110 Å². The number of nitrogens with zero attached hydrogens (tertiary/aromatic N) is 1. The van der Waals surface area contributed by atoms with Crippen LogP contribution in [0.4, 0.5) is 0 Å². The third kappa shape index (κ3) is 3.31. The molecule has 0 bridgehead atoms.